The Labute approximate surface area is 169 Å². The lowest BCUT2D eigenvalue weighted by Gasteiger charge is -2.13. The molecule has 0 radical (unpaired) electrons. The second-order valence-corrected chi connectivity index (χ2v) is 6.94. The first-order chi connectivity index (χ1) is 14.1. The molecule has 0 saturated carbocycles. The van der Waals surface area contributed by atoms with Gasteiger partial charge in [0.2, 0.25) is 0 Å². The monoisotopic (exact) mass is 401 g/mol. The van der Waals surface area contributed by atoms with Crippen molar-refractivity contribution in [1.82, 2.24) is 4.90 Å². The zero-order valence-corrected chi connectivity index (χ0v) is 16.1. The lowest BCUT2D eigenvalue weighted by molar-refractivity contribution is 0.0536. The molecule has 2 aromatic carbocycles. The first-order valence-corrected chi connectivity index (χ1v) is 9.52. The Bertz CT molecular complexity index is 791. The maximum absolute atomic E-state index is 9.92. The molecule has 8 heteroatoms. The molecule has 2 unspecified atom stereocenters. The lowest BCUT2D eigenvalue weighted by Crippen LogP contribution is -2.26. The Hall–Kier alpha value is -2.65. The highest BCUT2D eigenvalue weighted by molar-refractivity contribution is 6.12. The summed E-state index contributed by atoms with van der Waals surface area (Å²) in [5.41, 5.74) is 2.25. The zero-order valence-electron chi connectivity index (χ0n) is 16.1. The van der Waals surface area contributed by atoms with E-state index < -0.39 is 12.2 Å². The van der Waals surface area contributed by atoms with E-state index in [-0.39, 0.29) is 19.8 Å². The molecule has 0 spiro atoms. The molecule has 1 heterocycles. The van der Waals surface area contributed by atoms with E-state index in [0.717, 1.165) is 24.2 Å². The van der Waals surface area contributed by atoms with E-state index in [1.807, 2.05) is 36.4 Å². The van der Waals surface area contributed by atoms with E-state index in [9.17, 15) is 10.2 Å². The maximum atomic E-state index is 9.92. The van der Waals surface area contributed by atoms with Gasteiger partial charge in [-0.15, -0.1) is 0 Å². The van der Waals surface area contributed by atoms with E-state index in [1.54, 1.807) is 12.1 Å². The lowest BCUT2D eigenvalue weighted by atomic mass is 10.0. The van der Waals surface area contributed by atoms with Crippen LogP contribution in [0.25, 0.3) is 0 Å². The molecule has 1 aliphatic heterocycles. The summed E-state index contributed by atoms with van der Waals surface area (Å²) in [7, 11) is 0. The molecule has 29 heavy (non-hydrogen) atoms. The Balaban J connectivity index is 1.57. The van der Waals surface area contributed by atoms with Gasteiger partial charge >= 0.3 is 0 Å². The number of ether oxygens (including phenoxy) is 2. The summed E-state index contributed by atoms with van der Waals surface area (Å²) in [6.07, 6.45) is -1.42. The van der Waals surface area contributed by atoms with E-state index in [2.05, 4.69) is 10.0 Å². The second-order valence-electron chi connectivity index (χ2n) is 6.94. The first kappa shape index (κ1) is 21.1. The highest BCUT2D eigenvalue weighted by Gasteiger charge is 2.20. The molecule has 0 bridgehead atoms. The fraction of sp³-hybridized carbons (Fsp3) is 0.381. The molecule has 1 aliphatic rings. The van der Waals surface area contributed by atoms with Crippen molar-refractivity contribution < 1.29 is 24.8 Å². The molecule has 0 aromatic heterocycles. The van der Waals surface area contributed by atoms with Gasteiger partial charge in [-0.25, -0.2) is 0 Å². The van der Waals surface area contributed by atoms with E-state index >= 15 is 0 Å². The molecular formula is C21H27N3O5. The number of nitrogens with two attached hydrogens (primary N) is 1. The summed E-state index contributed by atoms with van der Waals surface area (Å²) in [5, 5.41) is 32.0. The average molecular weight is 401 g/mol. The van der Waals surface area contributed by atoms with Gasteiger partial charge < -0.3 is 30.6 Å². The van der Waals surface area contributed by atoms with E-state index in [0.29, 0.717) is 23.8 Å². The zero-order chi connectivity index (χ0) is 20.6. The van der Waals surface area contributed by atoms with Crippen LogP contribution in [0.2, 0.25) is 0 Å². The summed E-state index contributed by atoms with van der Waals surface area (Å²) in [6, 6.07) is 14.5. The predicted molar refractivity (Wildman–Crippen MR) is 109 cm³/mol. The number of nitrogens with zero attached hydrogens (tertiary/aromatic N) is 2. The molecule has 2 atom stereocenters. The number of benzene rings is 2. The van der Waals surface area contributed by atoms with Gasteiger partial charge in [-0.2, -0.15) is 5.10 Å². The minimum Gasteiger partial charge on any atom is -0.491 e. The van der Waals surface area contributed by atoms with Gasteiger partial charge in [-0.05, 0) is 48.5 Å². The van der Waals surface area contributed by atoms with Gasteiger partial charge in [0.05, 0.1) is 12.3 Å². The first-order valence-electron chi connectivity index (χ1n) is 9.52. The number of hydrogen-bond acceptors (Lipinski definition) is 8. The third kappa shape index (κ3) is 6.43. The Morgan fingerprint density at radius 2 is 1.38 bits per heavy atom. The molecule has 2 aromatic rings. The van der Waals surface area contributed by atoms with Crippen LogP contribution in [0.5, 0.6) is 11.5 Å². The van der Waals surface area contributed by atoms with Crippen LogP contribution in [0.1, 0.15) is 11.1 Å². The minimum absolute atomic E-state index is 0.0157. The van der Waals surface area contributed by atoms with Crippen LogP contribution in [-0.2, 0) is 0 Å². The minimum atomic E-state index is -0.913. The third-order valence-electron chi connectivity index (χ3n) is 4.49. The smallest absolute Gasteiger partial charge is 0.119 e. The quantitative estimate of drug-likeness (QED) is 0.184. The Kier molecular flexibility index (Phi) is 7.42. The third-order valence-corrected chi connectivity index (χ3v) is 4.49. The van der Waals surface area contributed by atoms with Crippen molar-refractivity contribution in [2.75, 3.05) is 39.5 Å². The number of β-amino-alcohol motifs (C(OH)–C–C–N with tert-alkyl or cyclic N) is 1. The highest BCUT2D eigenvalue weighted by atomic mass is 16.5. The second kappa shape index (κ2) is 10.2. The fourth-order valence-corrected chi connectivity index (χ4v) is 2.78. The van der Waals surface area contributed by atoms with Gasteiger partial charge in [0.25, 0.3) is 0 Å². The van der Waals surface area contributed by atoms with Crippen molar-refractivity contribution in [3.8, 4) is 11.5 Å². The number of hydrogen-bond donors (Lipinski definition) is 4. The van der Waals surface area contributed by atoms with Crippen LogP contribution >= 0.6 is 0 Å². The SMILES string of the molecule is N/N=C(/c1ccc(OCC(O)CO)cc1)c1ccc(OCC(O)CN2CC2)cc1. The summed E-state index contributed by atoms with van der Waals surface area (Å²) >= 11 is 0. The van der Waals surface area contributed by atoms with Crippen molar-refractivity contribution >= 4 is 5.71 Å². The molecular weight excluding hydrogens is 374 g/mol. The van der Waals surface area contributed by atoms with E-state index in [4.69, 9.17) is 20.4 Å². The van der Waals surface area contributed by atoms with Crippen molar-refractivity contribution in [2.24, 2.45) is 10.9 Å². The largest absolute Gasteiger partial charge is 0.491 e. The summed E-state index contributed by atoms with van der Waals surface area (Å²) < 4.78 is 11.0. The molecule has 1 saturated heterocycles. The van der Waals surface area contributed by atoms with Gasteiger partial charge in [0, 0.05) is 30.8 Å². The van der Waals surface area contributed by atoms with Crippen LogP contribution in [0.4, 0.5) is 0 Å². The standard InChI is InChI=1S/C21H27N3O5/c22-23-21(16-3-7-20(8-4-16)29-14-18(27)12-25)15-1-5-19(6-2-15)28-13-17(26)11-24-9-10-24/h1-8,17-18,25-27H,9-14,22H2/b23-21+. The number of aliphatic hydroxyl groups is 3. The van der Waals surface area contributed by atoms with Gasteiger partial charge in [-0.1, -0.05) is 0 Å². The van der Waals surface area contributed by atoms with Crippen molar-refractivity contribution in [3.63, 3.8) is 0 Å². The van der Waals surface area contributed by atoms with Crippen LogP contribution in [0.15, 0.2) is 53.6 Å². The topological polar surface area (TPSA) is 121 Å². The number of rotatable bonds is 11. The summed E-state index contributed by atoms with van der Waals surface area (Å²) in [4.78, 5) is 2.15. The van der Waals surface area contributed by atoms with Gasteiger partial charge in [0.15, 0.2) is 0 Å². The summed E-state index contributed by atoms with van der Waals surface area (Å²) in [6.45, 7) is 2.65. The highest BCUT2D eigenvalue weighted by Crippen LogP contribution is 2.19. The Morgan fingerprint density at radius 1 is 0.897 bits per heavy atom. The van der Waals surface area contributed by atoms with Crippen molar-refractivity contribution in [1.29, 1.82) is 0 Å². The molecule has 1 fully saturated rings. The van der Waals surface area contributed by atoms with Crippen LogP contribution in [-0.4, -0.2) is 77.6 Å². The van der Waals surface area contributed by atoms with Crippen molar-refractivity contribution in [2.45, 2.75) is 12.2 Å². The van der Waals surface area contributed by atoms with Crippen LogP contribution < -0.4 is 15.3 Å². The molecule has 156 valence electrons. The molecule has 3 rings (SSSR count). The molecule has 0 aliphatic carbocycles. The predicted octanol–water partition coefficient (Wildman–Crippen LogP) is 0.185. The van der Waals surface area contributed by atoms with Gasteiger partial charge in [0.1, 0.15) is 36.9 Å². The average Bonchev–Trinajstić information content (AvgIpc) is 3.56. The van der Waals surface area contributed by atoms with Crippen LogP contribution in [0.3, 0.4) is 0 Å². The van der Waals surface area contributed by atoms with Crippen LogP contribution in [0, 0.1) is 0 Å². The molecule has 8 nitrogen and oxygen atoms in total. The molecule has 5 N–H and O–H groups in total. The number of aliphatic hydroxyl groups excluding tert-OH is 3. The van der Waals surface area contributed by atoms with E-state index in [1.165, 1.54) is 0 Å². The van der Waals surface area contributed by atoms with Crippen molar-refractivity contribution in [3.05, 3.63) is 59.7 Å². The van der Waals surface area contributed by atoms with Gasteiger partial charge in [-0.3, -0.25) is 4.90 Å². The normalized spacial score (nSPS) is 16.3. The number of hydrazone groups is 1. The summed E-state index contributed by atoms with van der Waals surface area (Å²) in [5.74, 6) is 6.85. The maximum Gasteiger partial charge on any atom is 0.119 e. The fourth-order valence-electron chi connectivity index (χ4n) is 2.78. The Morgan fingerprint density at radius 3 is 1.79 bits per heavy atom. The molecule has 0 amide bonds.